The van der Waals surface area contributed by atoms with E-state index < -0.39 is 24.4 Å². The van der Waals surface area contributed by atoms with E-state index in [-0.39, 0.29) is 6.54 Å². The fraction of sp³-hybridized carbons (Fsp3) is 0.158. The molecule has 0 unspecified atom stereocenters. The molecule has 0 spiro atoms. The third-order valence-electron chi connectivity index (χ3n) is 3.41. The van der Waals surface area contributed by atoms with Crippen LogP contribution in [-0.4, -0.2) is 49.4 Å². The maximum Gasteiger partial charge on any atom is 0.341 e. The Balaban J connectivity index is 1.75. The number of ether oxygens (including phenoxy) is 2. The van der Waals surface area contributed by atoms with Crippen molar-refractivity contribution in [2.45, 2.75) is 0 Å². The predicted molar refractivity (Wildman–Crippen MR) is 101 cm³/mol. The quantitative estimate of drug-likeness (QED) is 0.437. The molecule has 2 aromatic rings. The number of methoxy groups -OCH3 is 1. The van der Waals surface area contributed by atoms with E-state index in [4.69, 9.17) is 14.6 Å². The first-order valence-corrected chi connectivity index (χ1v) is 8.17. The number of hydrogen-bond acceptors (Lipinski definition) is 6. The number of carboxylic acid groups (broad SMARTS) is 1. The van der Waals surface area contributed by atoms with Crippen molar-refractivity contribution in [2.24, 2.45) is 5.10 Å². The van der Waals surface area contributed by atoms with E-state index in [2.05, 4.69) is 15.8 Å². The van der Waals surface area contributed by atoms with Gasteiger partial charge in [0.2, 0.25) is 0 Å². The van der Waals surface area contributed by atoms with Crippen LogP contribution in [0, 0.1) is 0 Å². The van der Waals surface area contributed by atoms with Crippen molar-refractivity contribution in [3.63, 3.8) is 0 Å². The minimum Gasteiger partial charge on any atom is -0.497 e. The Kier molecular flexibility index (Phi) is 7.53. The minimum absolute atomic E-state index is 0.232. The summed E-state index contributed by atoms with van der Waals surface area (Å²) in [4.78, 5) is 34.1. The number of carbonyl (C=O) groups excluding carboxylic acids is 2. The zero-order valence-corrected chi connectivity index (χ0v) is 15.0. The SMILES string of the molecule is COc1ccc(C(=O)NCC(=O)NN=Cc2ccc(OCC(=O)O)cc2)cc1. The number of benzene rings is 2. The lowest BCUT2D eigenvalue weighted by molar-refractivity contribution is -0.139. The topological polar surface area (TPSA) is 126 Å². The molecule has 2 amide bonds. The molecule has 0 aliphatic heterocycles. The highest BCUT2D eigenvalue weighted by Crippen LogP contribution is 2.11. The van der Waals surface area contributed by atoms with Crippen LogP contribution in [0.15, 0.2) is 53.6 Å². The van der Waals surface area contributed by atoms with Gasteiger partial charge >= 0.3 is 5.97 Å². The maximum atomic E-state index is 12.0. The smallest absolute Gasteiger partial charge is 0.341 e. The lowest BCUT2D eigenvalue weighted by atomic mass is 10.2. The summed E-state index contributed by atoms with van der Waals surface area (Å²) in [6.45, 7) is -0.657. The summed E-state index contributed by atoms with van der Waals surface area (Å²) in [5.41, 5.74) is 3.37. The van der Waals surface area contributed by atoms with Crippen LogP contribution in [0.4, 0.5) is 0 Å². The van der Waals surface area contributed by atoms with Gasteiger partial charge in [-0.15, -0.1) is 0 Å². The Morgan fingerprint density at radius 3 is 2.29 bits per heavy atom. The van der Waals surface area contributed by atoms with Crippen molar-refractivity contribution >= 4 is 24.0 Å². The van der Waals surface area contributed by atoms with Crippen molar-refractivity contribution < 1.29 is 29.0 Å². The molecule has 3 N–H and O–H groups in total. The van der Waals surface area contributed by atoms with Crippen LogP contribution in [0.25, 0.3) is 0 Å². The van der Waals surface area contributed by atoms with Gasteiger partial charge in [0.25, 0.3) is 11.8 Å². The second kappa shape index (κ2) is 10.3. The number of nitrogens with zero attached hydrogens (tertiary/aromatic N) is 1. The zero-order valence-electron chi connectivity index (χ0n) is 15.0. The third kappa shape index (κ3) is 6.79. The van der Waals surface area contributed by atoms with Crippen molar-refractivity contribution in [1.29, 1.82) is 0 Å². The molecule has 9 heteroatoms. The number of hydrogen-bond donors (Lipinski definition) is 3. The average molecular weight is 385 g/mol. The summed E-state index contributed by atoms with van der Waals surface area (Å²) in [6, 6.07) is 13.0. The van der Waals surface area contributed by atoms with Crippen molar-refractivity contribution in [2.75, 3.05) is 20.3 Å². The molecule has 0 atom stereocenters. The molecular weight excluding hydrogens is 366 g/mol. The van der Waals surface area contributed by atoms with E-state index >= 15 is 0 Å². The van der Waals surface area contributed by atoms with Crippen molar-refractivity contribution in [3.8, 4) is 11.5 Å². The van der Waals surface area contributed by atoms with E-state index in [0.717, 1.165) is 0 Å². The van der Waals surface area contributed by atoms with Crippen LogP contribution < -0.4 is 20.2 Å². The van der Waals surface area contributed by atoms with Gasteiger partial charge in [-0.05, 0) is 54.1 Å². The fourth-order valence-corrected chi connectivity index (χ4v) is 2.02. The highest BCUT2D eigenvalue weighted by molar-refractivity contribution is 5.96. The summed E-state index contributed by atoms with van der Waals surface area (Å²) in [7, 11) is 1.53. The Morgan fingerprint density at radius 1 is 1.04 bits per heavy atom. The molecule has 146 valence electrons. The van der Waals surface area contributed by atoms with E-state index in [9.17, 15) is 14.4 Å². The summed E-state index contributed by atoms with van der Waals surface area (Å²) < 4.78 is 10.0. The van der Waals surface area contributed by atoms with Gasteiger partial charge in [0, 0.05) is 5.56 Å². The number of carboxylic acids is 1. The molecule has 0 heterocycles. The number of rotatable bonds is 9. The minimum atomic E-state index is -1.06. The fourth-order valence-electron chi connectivity index (χ4n) is 2.02. The van der Waals surface area contributed by atoms with Crippen molar-refractivity contribution in [1.82, 2.24) is 10.7 Å². The third-order valence-corrected chi connectivity index (χ3v) is 3.41. The Bertz CT molecular complexity index is 847. The van der Waals surface area contributed by atoms with Gasteiger partial charge in [0.05, 0.1) is 19.9 Å². The second-order valence-corrected chi connectivity index (χ2v) is 5.46. The number of nitrogens with one attached hydrogen (secondary N) is 2. The summed E-state index contributed by atoms with van der Waals surface area (Å²) in [5, 5.41) is 14.8. The predicted octanol–water partition coefficient (Wildman–Crippen LogP) is 1.04. The van der Waals surface area contributed by atoms with Crippen LogP contribution in [0.3, 0.4) is 0 Å². The summed E-state index contributed by atoms with van der Waals surface area (Å²) >= 11 is 0. The van der Waals surface area contributed by atoms with Crippen LogP contribution in [0.5, 0.6) is 11.5 Å². The van der Waals surface area contributed by atoms with Gasteiger partial charge < -0.3 is 19.9 Å². The average Bonchev–Trinajstić information content (AvgIpc) is 2.71. The molecule has 0 aromatic heterocycles. The monoisotopic (exact) mass is 385 g/mol. The molecule has 28 heavy (non-hydrogen) atoms. The Hall–Kier alpha value is -3.88. The van der Waals surface area contributed by atoms with Crippen LogP contribution in [0.1, 0.15) is 15.9 Å². The van der Waals surface area contributed by atoms with Crippen LogP contribution in [-0.2, 0) is 9.59 Å². The van der Waals surface area contributed by atoms with Gasteiger partial charge in [0.1, 0.15) is 11.5 Å². The molecule has 0 radical (unpaired) electrons. The standard InChI is InChI=1S/C19H19N3O6/c1-27-15-8-4-14(5-9-15)19(26)20-11-17(23)22-21-10-13-2-6-16(7-3-13)28-12-18(24)25/h2-10H,11-12H2,1H3,(H,20,26)(H,22,23)(H,24,25). The molecule has 0 saturated heterocycles. The largest absolute Gasteiger partial charge is 0.497 e. The van der Waals surface area contributed by atoms with E-state index in [1.54, 1.807) is 48.5 Å². The first-order valence-electron chi connectivity index (χ1n) is 8.17. The molecule has 2 aromatic carbocycles. The van der Waals surface area contributed by atoms with Crippen molar-refractivity contribution in [3.05, 3.63) is 59.7 Å². The maximum absolute atomic E-state index is 12.0. The first kappa shape index (κ1) is 20.4. The van der Waals surface area contributed by atoms with E-state index in [1.807, 2.05) is 0 Å². The van der Waals surface area contributed by atoms with Gasteiger partial charge in [-0.3, -0.25) is 9.59 Å². The first-order chi connectivity index (χ1) is 13.5. The highest BCUT2D eigenvalue weighted by atomic mass is 16.5. The number of carbonyl (C=O) groups is 3. The molecule has 0 bridgehead atoms. The number of hydrazone groups is 1. The van der Waals surface area contributed by atoms with Gasteiger partial charge in [-0.25, -0.2) is 10.2 Å². The van der Waals surface area contributed by atoms with Crippen LogP contribution >= 0.6 is 0 Å². The second-order valence-electron chi connectivity index (χ2n) is 5.46. The lowest BCUT2D eigenvalue weighted by Crippen LogP contribution is -2.34. The summed E-state index contributed by atoms with van der Waals surface area (Å²) in [6.07, 6.45) is 1.41. The molecule has 2 rings (SSSR count). The summed E-state index contributed by atoms with van der Waals surface area (Å²) in [5.74, 6) is -0.902. The number of amides is 2. The van der Waals surface area contributed by atoms with E-state index in [0.29, 0.717) is 22.6 Å². The van der Waals surface area contributed by atoms with Gasteiger partial charge in [0.15, 0.2) is 6.61 Å². The molecular formula is C19H19N3O6. The molecule has 0 aliphatic carbocycles. The van der Waals surface area contributed by atoms with Crippen LogP contribution in [0.2, 0.25) is 0 Å². The molecule has 0 saturated carbocycles. The Labute approximate surface area is 161 Å². The molecule has 9 nitrogen and oxygen atoms in total. The number of aliphatic carboxylic acids is 1. The normalized spacial score (nSPS) is 10.3. The molecule has 0 aliphatic rings. The highest BCUT2D eigenvalue weighted by Gasteiger charge is 2.07. The van der Waals surface area contributed by atoms with Gasteiger partial charge in [-0.2, -0.15) is 5.10 Å². The lowest BCUT2D eigenvalue weighted by Gasteiger charge is -2.05. The molecule has 0 fully saturated rings. The Morgan fingerprint density at radius 2 is 1.68 bits per heavy atom. The van der Waals surface area contributed by atoms with E-state index in [1.165, 1.54) is 13.3 Å². The van der Waals surface area contributed by atoms with Gasteiger partial charge in [-0.1, -0.05) is 0 Å². The zero-order chi connectivity index (χ0) is 20.4.